The highest BCUT2D eigenvalue weighted by atomic mass is 16.1. The molecule has 2 N–H and O–H groups in total. The molecule has 1 rings (SSSR count). The summed E-state index contributed by atoms with van der Waals surface area (Å²) in [6.07, 6.45) is 2.40. The SMILES string of the molecule is CCCC(C)CNCC(=O)NCc1ccccc1. The van der Waals surface area contributed by atoms with Crippen LogP contribution < -0.4 is 10.6 Å². The first-order valence-corrected chi connectivity index (χ1v) is 6.73. The predicted octanol–water partition coefficient (Wildman–Crippen LogP) is 2.33. The molecule has 0 aliphatic rings. The molecule has 3 heteroatoms. The van der Waals surface area contributed by atoms with Crippen molar-refractivity contribution in [2.45, 2.75) is 33.2 Å². The molecule has 0 aliphatic carbocycles. The number of benzene rings is 1. The lowest BCUT2D eigenvalue weighted by atomic mass is 10.1. The van der Waals surface area contributed by atoms with Crippen molar-refractivity contribution in [1.82, 2.24) is 10.6 Å². The fourth-order valence-electron chi connectivity index (χ4n) is 1.89. The van der Waals surface area contributed by atoms with E-state index in [1.807, 2.05) is 30.3 Å². The van der Waals surface area contributed by atoms with Crippen molar-refractivity contribution in [3.8, 4) is 0 Å². The summed E-state index contributed by atoms with van der Waals surface area (Å²) in [5.74, 6) is 0.694. The average Bonchev–Trinajstić information content (AvgIpc) is 2.38. The molecule has 18 heavy (non-hydrogen) atoms. The van der Waals surface area contributed by atoms with Gasteiger partial charge in [-0.3, -0.25) is 4.79 Å². The Bertz CT molecular complexity index is 338. The summed E-state index contributed by atoms with van der Waals surface area (Å²) < 4.78 is 0. The second-order valence-electron chi connectivity index (χ2n) is 4.79. The van der Waals surface area contributed by atoms with E-state index in [1.54, 1.807) is 0 Å². The topological polar surface area (TPSA) is 41.1 Å². The lowest BCUT2D eigenvalue weighted by Crippen LogP contribution is -2.35. The lowest BCUT2D eigenvalue weighted by molar-refractivity contribution is -0.120. The third-order valence-electron chi connectivity index (χ3n) is 2.89. The highest BCUT2D eigenvalue weighted by Crippen LogP contribution is 2.02. The minimum atomic E-state index is 0.0579. The summed E-state index contributed by atoms with van der Waals surface area (Å²) in [6, 6.07) is 9.95. The summed E-state index contributed by atoms with van der Waals surface area (Å²) in [7, 11) is 0. The third kappa shape index (κ3) is 6.40. The molecule has 1 amide bonds. The average molecular weight is 248 g/mol. The van der Waals surface area contributed by atoms with Crippen LogP contribution in [0, 0.1) is 5.92 Å². The van der Waals surface area contributed by atoms with Crippen molar-refractivity contribution < 1.29 is 4.79 Å². The van der Waals surface area contributed by atoms with Crippen LogP contribution in [0.25, 0.3) is 0 Å². The van der Waals surface area contributed by atoms with E-state index in [1.165, 1.54) is 12.8 Å². The van der Waals surface area contributed by atoms with Crippen LogP contribution in [-0.4, -0.2) is 19.0 Å². The van der Waals surface area contributed by atoms with E-state index in [0.717, 1.165) is 12.1 Å². The summed E-state index contributed by atoms with van der Waals surface area (Å²) >= 11 is 0. The van der Waals surface area contributed by atoms with Gasteiger partial charge in [0, 0.05) is 6.54 Å². The normalized spacial score (nSPS) is 12.1. The minimum Gasteiger partial charge on any atom is -0.351 e. The number of hydrogen-bond donors (Lipinski definition) is 2. The molecule has 0 spiro atoms. The lowest BCUT2D eigenvalue weighted by Gasteiger charge is -2.11. The Morgan fingerprint density at radius 1 is 1.28 bits per heavy atom. The van der Waals surface area contributed by atoms with E-state index >= 15 is 0 Å². The van der Waals surface area contributed by atoms with Gasteiger partial charge in [0.25, 0.3) is 0 Å². The van der Waals surface area contributed by atoms with Gasteiger partial charge in [-0.2, -0.15) is 0 Å². The zero-order valence-electron chi connectivity index (χ0n) is 11.4. The molecule has 0 saturated heterocycles. The van der Waals surface area contributed by atoms with Gasteiger partial charge in [-0.05, 0) is 24.4 Å². The number of nitrogens with one attached hydrogen (secondary N) is 2. The van der Waals surface area contributed by atoms with Crippen LogP contribution in [0.4, 0.5) is 0 Å². The molecule has 0 radical (unpaired) electrons. The predicted molar refractivity (Wildman–Crippen MR) is 75.2 cm³/mol. The standard InChI is InChI=1S/C15H24N2O/c1-3-7-13(2)10-16-12-15(18)17-11-14-8-5-4-6-9-14/h4-6,8-9,13,16H,3,7,10-12H2,1-2H3,(H,17,18). The van der Waals surface area contributed by atoms with Gasteiger partial charge in [-0.15, -0.1) is 0 Å². The Labute approximate surface area is 110 Å². The van der Waals surface area contributed by atoms with Crippen molar-refractivity contribution >= 4 is 5.91 Å². The number of amides is 1. The Balaban J connectivity index is 2.11. The largest absolute Gasteiger partial charge is 0.351 e. The van der Waals surface area contributed by atoms with Crippen LogP contribution in [0.3, 0.4) is 0 Å². The quantitative estimate of drug-likeness (QED) is 0.741. The molecule has 0 heterocycles. The van der Waals surface area contributed by atoms with E-state index < -0.39 is 0 Å². The van der Waals surface area contributed by atoms with Crippen LogP contribution in [-0.2, 0) is 11.3 Å². The van der Waals surface area contributed by atoms with Crippen molar-refractivity contribution in [2.24, 2.45) is 5.92 Å². The van der Waals surface area contributed by atoms with Gasteiger partial charge >= 0.3 is 0 Å². The van der Waals surface area contributed by atoms with E-state index in [2.05, 4.69) is 24.5 Å². The van der Waals surface area contributed by atoms with E-state index in [-0.39, 0.29) is 5.91 Å². The second-order valence-corrected chi connectivity index (χ2v) is 4.79. The minimum absolute atomic E-state index is 0.0579. The first kappa shape index (κ1) is 14.7. The molecule has 0 saturated carbocycles. The van der Waals surface area contributed by atoms with Crippen LogP contribution in [0.1, 0.15) is 32.3 Å². The van der Waals surface area contributed by atoms with Gasteiger partial charge in [0.05, 0.1) is 6.54 Å². The molecule has 0 aromatic heterocycles. The molecule has 1 aromatic rings. The molecule has 0 aliphatic heterocycles. The van der Waals surface area contributed by atoms with E-state index in [9.17, 15) is 4.79 Å². The summed E-state index contributed by atoms with van der Waals surface area (Å²) in [5, 5.41) is 6.10. The number of hydrogen-bond acceptors (Lipinski definition) is 2. The fourth-order valence-corrected chi connectivity index (χ4v) is 1.89. The first-order chi connectivity index (χ1) is 8.72. The maximum atomic E-state index is 11.6. The van der Waals surface area contributed by atoms with Crippen molar-refractivity contribution in [1.29, 1.82) is 0 Å². The van der Waals surface area contributed by atoms with Crippen LogP contribution in [0.5, 0.6) is 0 Å². The van der Waals surface area contributed by atoms with Gasteiger partial charge in [0.2, 0.25) is 5.91 Å². The monoisotopic (exact) mass is 248 g/mol. The third-order valence-corrected chi connectivity index (χ3v) is 2.89. The molecule has 3 nitrogen and oxygen atoms in total. The molecule has 1 aromatic carbocycles. The van der Waals surface area contributed by atoms with Crippen molar-refractivity contribution in [3.05, 3.63) is 35.9 Å². The molecule has 100 valence electrons. The molecule has 0 bridgehead atoms. The van der Waals surface area contributed by atoms with Crippen LogP contribution in [0.15, 0.2) is 30.3 Å². The molecule has 0 fully saturated rings. The number of rotatable bonds is 8. The van der Waals surface area contributed by atoms with Gasteiger partial charge in [0.15, 0.2) is 0 Å². The Kier molecular flexibility index (Phi) is 7.11. The Morgan fingerprint density at radius 2 is 2.00 bits per heavy atom. The molecule has 1 atom stereocenters. The smallest absolute Gasteiger partial charge is 0.234 e. The highest BCUT2D eigenvalue weighted by Gasteiger charge is 2.03. The molecular weight excluding hydrogens is 224 g/mol. The van der Waals surface area contributed by atoms with E-state index in [0.29, 0.717) is 19.0 Å². The van der Waals surface area contributed by atoms with Gasteiger partial charge in [0.1, 0.15) is 0 Å². The zero-order chi connectivity index (χ0) is 13.2. The number of carbonyl (C=O) groups excluding carboxylic acids is 1. The Morgan fingerprint density at radius 3 is 2.67 bits per heavy atom. The highest BCUT2D eigenvalue weighted by molar-refractivity contribution is 5.77. The summed E-state index contributed by atoms with van der Waals surface area (Å²) in [5.41, 5.74) is 1.13. The second kappa shape index (κ2) is 8.70. The molecule has 1 unspecified atom stereocenters. The fraction of sp³-hybridized carbons (Fsp3) is 0.533. The first-order valence-electron chi connectivity index (χ1n) is 6.73. The van der Waals surface area contributed by atoms with E-state index in [4.69, 9.17) is 0 Å². The van der Waals surface area contributed by atoms with Crippen molar-refractivity contribution in [2.75, 3.05) is 13.1 Å². The van der Waals surface area contributed by atoms with Crippen molar-refractivity contribution in [3.63, 3.8) is 0 Å². The van der Waals surface area contributed by atoms with Gasteiger partial charge in [-0.25, -0.2) is 0 Å². The summed E-state index contributed by atoms with van der Waals surface area (Å²) in [4.78, 5) is 11.6. The maximum Gasteiger partial charge on any atom is 0.234 e. The Hall–Kier alpha value is -1.35. The van der Waals surface area contributed by atoms with Gasteiger partial charge < -0.3 is 10.6 Å². The zero-order valence-corrected chi connectivity index (χ0v) is 11.4. The number of carbonyl (C=O) groups is 1. The van der Waals surface area contributed by atoms with Gasteiger partial charge in [-0.1, -0.05) is 50.6 Å². The summed E-state index contributed by atoms with van der Waals surface area (Å²) in [6.45, 7) is 6.31. The van der Waals surface area contributed by atoms with Crippen LogP contribution in [0.2, 0.25) is 0 Å². The molecular formula is C15H24N2O. The van der Waals surface area contributed by atoms with Crippen LogP contribution >= 0.6 is 0 Å². The maximum absolute atomic E-state index is 11.6.